The molecule has 0 unspecified atom stereocenters. The lowest BCUT2D eigenvalue weighted by molar-refractivity contribution is -0.345. The highest BCUT2D eigenvalue weighted by Gasteiger charge is 2.35. The van der Waals surface area contributed by atoms with Gasteiger partial charge in [0.05, 0.1) is 0 Å². The van der Waals surface area contributed by atoms with Crippen LogP contribution in [0, 0.1) is 0 Å². The molecule has 1 aliphatic rings. The number of aryl methyl sites for hydroxylation is 2. The Bertz CT molecular complexity index is 1410. The van der Waals surface area contributed by atoms with E-state index in [-0.39, 0.29) is 0 Å². The fraction of sp³-hybridized carbons (Fsp3) is 0.714. The van der Waals surface area contributed by atoms with E-state index in [2.05, 4.69) is 76.2 Å². The van der Waals surface area contributed by atoms with Crippen LogP contribution < -0.4 is 0 Å². The second-order valence-electron chi connectivity index (χ2n) is 18.3. The molecule has 2 aromatic carbocycles. The van der Waals surface area contributed by atoms with Crippen molar-refractivity contribution in [1.29, 1.82) is 0 Å². The van der Waals surface area contributed by atoms with E-state index in [0.717, 1.165) is 37.1 Å². The molecule has 2 nitrogen and oxygen atoms in total. The van der Waals surface area contributed by atoms with E-state index in [1.165, 1.54) is 239 Å². The molecule has 0 radical (unpaired) electrons. The highest BCUT2D eigenvalue weighted by atomic mass is 15.2. The molecule has 0 N–H and O–H groups in total. The first-order chi connectivity index (χ1) is 28.6. The van der Waals surface area contributed by atoms with Gasteiger partial charge in [-0.3, -0.25) is 0 Å². The van der Waals surface area contributed by atoms with E-state index in [4.69, 9.17) is 0 Å². The Kier molecular flexibility index (Phi) is 28.6. The van der Waals surface area contributed by atoms with Crippen LogP contribution in [0.1, 0.15) is 268 Å². The summed E-state index contributed by atoms with van der Waals surface area (Å²) in [6, 6.07) is 18.2. The van der Waals surface area contributed by atoms with Crippen molar-refractivity contribution < 1.29 is 4.70 Å². The monoisotopic (exact) mass is 793 g/mol. The zero-order chi connectivity index (χ0) is 41.3. The predicted molar refractivity (Wildman–Crippen MR) is 257 cm³/mol. The quantitative estimate of drug-likeness (QED) is 0.0478. The lowest BCUT2D eigenvalue weighted by Gasteiger charge is -2.12. The first-order valence-electron chi connectivity index (χ1n) is 25.8. The van der Waals surface area contributed by atoms with Crippen LogP contribution in [0.25, 0.3) is 16.9 Å². The van der Waals surface area contributed by atoms with Gasteiger partial charge in [-0.15, -0.1) is 0 Å². The second kappa shape index (κ2) is 33.3. The van der Waals surface area contributed by atoms with Crippen LogP contribution in [0.3, 0.4) is 0 Å². The van der Waals surface area contributed by atoms with Crippen LogP contribution in [0.15, 0.2) is 59.7 Å². The van der Waals surface area contributed by atoms with Crippen LogP contribution in [0.5, 0.6) is 0 Å². The minimum absolute atomic E-state index is 1.04. The highest BCUT2D eigenvalue weighted by molar-refractivity contribution is 5.82. The van der Waals surface area contributed by atoms with Crippen molar-refractivity contribution in [2.24, 2.45) is 0 Å². The zero-order valence-electron chi connectivity index (χ0n) is 39.0. The summed E-state index contributed by atoms with van der Waals surface area (Å²) < 4.78 is 1.62. The van der Waals surface area contributed by atoms with E-state index in [1.54, 1.807) is 4.70 Å². The van der Waals surface area contributed by atoms with E-state index in [1.807, 2.05) is 0 Å². The molecule has 0 saturated carbocycles. The van der Waals surface area contributed by atoms with Gasteiger partial charge in [0.2, 0.25) is 11.4 Å². The summed E-state index contributed by atoms with van der Waals surface area (Å²) in [5.41, 5.74) is 22.3. The van der Waals surface area contributed by atoms with Gasteiger partial charge in [-0.1, -0.05) is 232 Å². The summed E-state index contributed by atoms with van der Waals surface area (Å²) >= 11 is 0. The van der Waals surface area contributed by atoms with Crippen molar-refractivity contribution in [3.8, 4) is 0 Å². The van der Waals surface area contributed by atoms with Crippen molar-refractivity contribution in [2.45, 2.75) is 259 Å². The van der Waals surface area contributed by atoms with Gasteiger partial charge in [-0.05, 0) is 86.8 Å². The van der Waals surface area contributed by atoms with E-state index < -0.39 is 0 Å². The maximum atomic E-state index is 12.3. The Hall–Kier alpha value is -2.48. The van der Waals surface area contributed by atoms with Gasteiger partial charge >= 0.3 is 0 Å². The average Bonchev–Trinajstić information content (AvgIpc) is 3.52. The number of hydrogen-bond acceptors (Lipinski definition) is 0. The summed E-state index contributed by atoms with van der Waals surface area (Å²) in [7, 11) is 0. The van der Waals surface area contributed by atoms with E-state index >= 15 is 0 Å². The largest absolute Gasteiger partial charge is 0.493 e. The van der Waals surface area contributed by atoms with Crippen molar-refractivity contribution in [1.82, 2.24) is 0 Å². The second-order valence-corrected chi connectivity index (χ2v) is 18.3. The number of unbranched alkanes of at least 4 members (excludes halogenated alkanes) is 28. The van der Waals surface area contributed by atoms with Gasteiger partial charge in [0.25, 0.3) is 0 Å². The minimum Gasteiger partial charge on any atom is -0.493 e. The smallest absolute Gasteiger partial charge is 0.211 e. The number of rotatable bonds is 38. The first-order valence-corrected chi connectivity index (χ1v) is 25.8. The van der Waals surface area contributed by atoms with E-state index in [0.29, 0.717) is 0 Å². The van der Waals surface area contributed by atoms with Crippen LogP contribution in [-0.2, 0) is 12.8 Å². The lowest BCUT2D eigenvalue weighted by Crippen LogP contribution is -2.03. The van der Waals surface area contributed by atoms with Gasteiger partial charge in [-0.25, -0.2) is 4.70 Å². The molecule has 0 aliphatic carbocycles. The SMILES string of the molecule is CCCCCCCCCCCCCCCCCCCCCCCCCC1=C(c2cccc(CCCC)c2)[N+](=[N-])C(c2cccc(CCCCCC)c2)=C1CCCCC. The molecule has 2 heteroatoms. The molecule has 326 valence electrons. The first kappa shape index (κ1) is 49.9. The Morgan fingerprint density at radius 1 is 0.328 bits per heavy atom. The topological polar surface area (TPSA) is 25.3 Å². The fourth-order valence-electron chi connectivity index (χ4n) is 9.31. The molecule has 0 bridgehead atoms. The van der Waals surface area contributed by atoms with Crippen LogP contribution >= 0.6 is 0 Å². The number of benzene rings is 2. The van der Waals surface area contributed by atoms with Crippen LogP contribution in [0.4, 0.5) is 0 Å². The normalized spacial score (nSPS) is 13.1. The Morgan fingerprint density at radius 3 is 0.983 bits per heavy atom. The van der Waals surface area contributed by atoms with Crippen LogP contribution in [0.2, 0.25) is 0 Å². The van der Waals surface area contributed by atoms with Crippen LogP contribution in [-0.4, -0.2) is 4.70 Å². The van der Waals surface area contributed by atoms with Gasteiger partial charge in [0.15, 0.2) is 0 Å². The molecule has 0 saturated heterocycles. The fourth-order valence-corrected chi connectivity index (χ4v) is 9.31. The summed E-state index contributed by atoms with van der Waals surface area (Å²) in [4.78, 5) is 0. The molecule has 0 fully saturated rings. The lowest BCUT2D eigenvalue weighted by atomic mass is 9.90. The maximum absolute atomic E-state index is 12.3. The Labute approximate surface area is 361 Å². The molecule has 2 aromatic rings. The van der Waals surface area contributed by atoms with E-state index in [9.17, 15) is 5.53 Å². The summed E-state index contributed by atoms with van der Waals surface area (Å²) in [5, 5.41) is 0. The third-order valence-corrected chi connectivity index (χ3v) is 13.0. The van der Waals surface area contributed by atoms with Crippen molar-refractivity contribution in [3.63, 3.8) is 0 Å². The van der Waals surface area contributed by atoms with Crippen molar-refractivity contribution >= 4 is 11.4 Å². The van der Waals surface area contributed by atoms with Gasteiger partial charge in [0, 0.05) is 22.3 Å². The maximum Gasteiger partial charge on any atom is 0.211 e. The van der Waals surface area contributed by atoms with Crippen molar-refractivity contribution in [3.05, 3.63) is 87.5 Å². The Balaban J connectivity index is 1.47. The Morgan fingerprint density at radius 2 is 0.603 bits per heavy atom. The summed E-state index contributed by atoms with van der Waals surface area (Å²) in [6.45, 7) is 9.17. The molecular weight excluding hydrogens is 701 g/mol. The molecule has 1 heterocycles. The minimum atomic E-state index is 1.04. The third-order valence-electron chi connectivity index (χ3n) is 13.0. The highest BCUT2D eigenvalue weighted by Crippen LogP contribution is 2.45. The molecule has 0 atom stereocenters. The van der Waals surface area contributed by atoms with Crippen molar-refractivity contribution in [2.75, 3.05) is 0 Å². The molecular formula is C56H92N2. The van der Waals surface area contributed by atoms with Gasteiger partial charge in [0.1, 0.15) is 0 Å². The predicted octanol–water partition coefficient (Wildman–Crippen LogP) is 19.3. The average molecular weight is 793 g/mol. The third kappa shape index (κ3) is 20.2. The molecule has 0 aromatic heterocycles. The number of allylic oxidation sites excluding steroid dienone is 2. The van der Waals surface area contributed by atoms with Gasteiger partial charge < -0.3 is 5.53 Å². The molecule has 58 heavy (non-hydrogen) atoms. The summed E-state index contributed by atoms with van der Waals surface area (Å²) in [5.74, 6) is 0. The summed E-state index contributed by atoms with van der Waals surface area (Å²) in [6.07, 6.45) is 48.0. The van der Waals surface area contributed by atoms with Gasteiger partial charge in [-0.2, -0.15) is 0 Å². The molecule has 0 spiro atoms. The number of hydrogen-bond donors (Lipinski definition) is 0. The molecule has 1 aliphatic heterocycles. The zero-order valence-corrected chi connectivity index (χ0v) is 39.0. The standard InChI is InChI=1S/C56H92N2/c1-5-9-13-15-16-17-18-19-20-21-22-23-24-25-26-27-28-29-30-31-32-33-36-46-54-53(45-34-11-7-3)55(52-44-38-42-50(48-52)40-35-14-10-6-2)58(57)56(54)51-43-37-41-49(47-51)39-12-8-4/h37-38,41-44,47-48H,5-36,39-40,45-46H2,1-4H3. The molecule has 3 rings (SSSR count). The number of nitrogens with zero attached hydrogens (tertiary/aromatic N) is 2. The molecule has 0 amide bonds.